The number of nitrogen functional groups attached to an aromatic ring is 1. The summed E-state index contributed by atoms with van der Waals surface area (Å²) in [5, 5.41) is 13.5. The van der Waals surface area contributed by atoms with E-state index in [4.69, 9.17) is 28.9 Å². The first-order valence-electron chi connectivity index (χ1n) is 7.15. The molecule has 2 N–H and O–H groups in total. The van der Waals surface area contributed by atoms with Crippen molar-refractivity contribution in [2.24, 2.45) is 17.3 Å². The highest BCUT2D eigenvalue weighted by molar-refractivity contribution is 6.36. The van der Waals surface area contributed by atoms with Crippen LogP contribution in [0.1, 0.15) is 5.56 Å². The van der Waals surface area contributed by atoms with E-state index in [-0.39, 0.29) is 12.4 Å². The Morgan fingerprint density at radius 1 is 1.12 bits per heavy atom. The molecule has 0 spiro atoms. The van der Waals surface area contributed by atoms with Crippen molar-refractivity contribution >= 4 is 40.4 Å². The van der Waals surface area contributed by atoms with Gasteiger partial charge in [0.1, 0.15) is 24.2 Å². The number of nitrogens with two attached hydrogens (primary N) is 1. The lowest BCUT2D eigenvalue weighted by molar-refractivity contribution is -0.671. The molecule has 0 amide bonds. The summed E-state index contributed by atoms with van der Waals surface area (Å²) in [6.45, 7) is 0.559. The standard InChI is InChI=1S/C16H15Cl2N6.ClH/c1-23-6-4-11(5-7-23)10-24-16(19)15(9-20-24)22-21-14-3-2-12(17)8-13(14)18;/h2-9H,10,19H2,1H3;1H/q+1;/p-1/b22-21+;. The minimum atomic E-state index is 0. The van der Waals surface area contributed by atoms with E-state index in [1.165, 1.54) is 0 Å². The molecule has 0 aliphatic heterocycles. The van der Waals surface area contributed by atoms with Crippen molar-refractivity contribution in [3.63, 3.8) is 0 Å². The second-order valence-corrected chi connectivity index (χ2v) is 6.08. The van der Waals surface area contributed by atoms with Gasteiger partial charge < -0.3 is 18.1 Å². The van der Waals surface area contributed by atoms with Gasteiger partial charge in [0, 0.05) is 17.2 Å². The summed E-state index contributed by atoms with van der Waals surface area (Å²) in [5.74, 6) is 0.442. The summed E-state index contributed by atoms with van der Waals surface area (Å²) in [7, 11) is 1.96. The Bertz CT molecular complexity index is 889. The molecule has 3 aromatic rings. The molecule has 0 aliphatic rings. The molecule has 9 heteroatoms. The summed E-state index contributed by atoms with van der Waals surface area (Å²) in [4.78, 5) is 0. The number of hydrogen-bond donors (Lipinski definition) is 1. The number of aryl methyl sites for hydroxylation is 1. The summed E-state index contributed by atoms with van der Waals surface area (Å²) in [5.41, 5.74) is 8.19. The van der Waals surface area contributed by atoms with Crippen molar-refractivity contribution in [1.29, 1.82) is 0 Å². The van der Waals surface area contributed by atoms with E-state index >= 15 is 0 Å². The van der Waals surface area contributed by atoms with Gasteiger partial charge in [-0.15, -0.1) is 10.2 Å². The topological polar surface area (TPSA) is 72.4 Å². The van der Waals surface area contributed by atoms with E-state index < -0.39 is 0 Å². The second-order valence-electron chi connectivity index (χ2n) is 5.24. The largest absolute Gasteiger partial charge is 1.00 e. The van der Waals surface area contributed by atoms with Gasteiger partial charge in [-0.3, -0.25) is 0 Å². The molecule has 130 valence electrons. The number of nitrogens with zero attached hydrogens (tertiary/aromatic N) is 5. The van der Waals surface area contributed by atoms with Crippen LogP contribution in [0.5, 0.6) is 0 Å². The number of halogens is 3. The Balaban J connectivity index is 0.00000225. The third-order valence-corrected chi connectivity index (χ3v) is 3.95. The molecule has 6 nitrogen and oxygen atoms in total. The molecule has 0 radical (unpaired) electrons. The van der Waals surface area contributed by atoms with Crippen LogP contribution in [0.3, 0.4) is 0 Å². The number of hydrogen-bond acceptors (Lipinski definition) is 4. The van der Waals surface area contributed by atoms with E-state index in [1.54, 1.807) is 29.1 Å². The van der Waals surface area contributed by atoms with Crippen LogP contribution in [-0.4, -0.2) is 9.78 Å². The monoisotopic (exact) mass is 396 g/mol. The lowest BCUT2D eigenvalue weighted by Gasteiger charge is -2.03. The third-order valence-electron chi connectivity index (χ3n) is 3.41. The van der Waals surface area contributed by atoms with Crippen LogP contribution in [-0.2, 0) is 13.6 Å². The van der Waals surface area contributed by atoms with Crippen LogP contribution in [0.15, 0.2) is 59.2 Å². The third kappa shape index (κ3) is 4.69. The van der Waals surface area contributed by atoms with Crippen LogP contribution in [0, 0.1) is 0 Å². The molecule has 0 unspecified atom stereocenters. The first-order chi connectivity index (χ1) is 11.5. The maximum absolute atomic E-state index is 6.09. The normalized spacial score (nSPS) is 10.8. The van der Waals surface area contributed by atoms with E-state index in [2.05, 4.69) is 15.3 Å². The van der Waals surface area contributed by atoms with E-state index in [0.29, 0.717) is 33.8 Å². The molecular weight excluding hydrogens is 383 g/mol. The molecule has 0 fully saturated rings. The van der Waals surface area contributed by atoms with Gasteiger partial charge in [0.25, 0.3) is 0 Å². The maximum Gasteiger partial charge on any atom is 0.168 e. The number of azo groups is 1. The van der Waals surface area contributed by atoms with Gasteiger partial charge in [0.05, 0.1) is 17.8 Å². The first-order valence-corrected chi connectivity index (χ1v) is 7.91. The van der Waals surface area contributed by atoms with Gasteiger partial charge >= 0.3 is 0 Å². The Kier molecular flexibility index (Phi) is 6.36. The number of anilines is 1. The molecule has 2 aromatic heterocycles. The quantitative estimate of drug-likeness (QED) is 0.528. The maximum atomic E-state index is 6.09. The van der Waals surface area contributed by atoms with Gasteiger partial charge in [-0.2, -0.15) is 5.10 Å². The molecule has 0 bridgehead atoms. The van der Waals surface area contributed by atoms with Crippen LogP contribution < -0.4 is 22.7 Å². The summed E-state index contributed by atoms with van der Waals surface area (Å²) < 4.78 is 3.64. The molecule has 3 rings (SSSR count). The van der Waals surface area contributed by atoms with Crippen molar-refractivity contribution < 1.29 is 17.0 Å². The van der Waals surface area contributed by atoms with Crippen molar-refractivity contribution in [1.82, 2.24) is 9.78 Å². The predicted octanol–water partition coefficient (Wildman–Crippen LogP) is 1.06. The summed E-state index contributed by atoms with van der Waals surface area (Å²) in [6, 6.07) is 9.02. The molecule has 2 heterocycles. The Morgan fingerprint density at radius 2 is 1.80 bits per heavy atom. The summed E-state index contributed by atoms with van der Waals surface area (Å²) >= 11 is 11.9. The predicted molar refractivity (Wildman–Crippen MR) is 94.0 cm³/mol. The zero-order chi connectivity index (χ0) is 17.1. The zero-order valence-electron chi connectivity index (χ0n) is 13.3. The first kappa shape index (κ1) is 19.2. The Labute approximate surface area is 161 Å². The van der Waals surface area contributed by atoms with Crippen LogP contribution in [0.4, 0.5) is 17.2 Å². The van der Waals surface area contributed by atoms with Crippen LogP contribution >= 0.6 is 23.2 Å². The van der Waals surface area contributed by atoms with Crippen molar-refractivity contribution in [2.45, 2.75) is 6.54 Å². The molecule has 0 aliphatic carbocycles. The molecule has 0 atom stereocenters. The van der Waals surface area contributed by atoms with E-state index in [0.717, 1.165) is 5.56 Å². The zero-order valence-corrected chi connectivity index (χ0v) is 15.5. The van der Waals surface area contributed by atoms with Crippen molar-refractivity contribution in [2.75, 3.05) is 5.73 Å². The Hall–Kier alpha value is -2.15. The fraction of sp³-hybridized carbons (Fsp3) is 0.125. The lowest BCUT2D eigenvalue weighted by Crippen LogP contribution is -3.00. The lowest BCUT2D eigenvalue weighted by atomic mass is 10.3. The van der Waals surface area contributed by atoms with E-state index in [9.17, 15) is 0 Å². The fourth-order valence-corrected chi connectivity index (χ4v) is 2.51. The Morgan fingerprint density at radius 3 is 2.48 bits per heavy atom. The molecule has 1 aromatic carbocycles. The van der Waals surface area contributed by atoms with Crippen molar-refractivity contribution in [3.05, 3.63) is 64.5 Å². The SMILES string of the molecule is C[n+]1ccc(Cn2ncc(/N=N/c3ccc(Cl)cc3Cl)c2N)cc1.[Cl-]. The van der Waals surface area contributed by atoms with Gasteiger partial charge in [-0.25, -0.2) is 9.25 Å². The highest BCUT2D eigenvalue weighted by Gasteiger charge is 2.08. The highest BCUT2D eigenvalue weighted by atomic mass is 35.5. The molecule has 0 saturated carbocycles. The van der Waals surface area contributed by atoms with Gasteiger partial charge in [-0.05, 0) is 23.8 Å². The van der Waals surface area contributed by atoms with Crippen LogP contribution in [0.2, 0.25) is 10.0 Å². The average Bonchev–Trinajstić information content (AvgIpc) is 2.89. The molecule has 25 heavy (non-hydrogen) atoms. The summed E-state index contributed by atoms with van der Waals surface area (Å²) in [6.07, 6.45) is 5.52. The van der Waals surface area contributed by atoms with Gasteiger partial charge in [-0.1, -0.05) is 23.2 Å². The highest BCUT2D eigenvalue weighted by Crippen LogP contribution is 2.30. The molecule has 0 saturated heterocycles. The fourth-order valence-electron chi connectivity index (χ4n) is 2.07. The minimum absolute atomic E-state index is 0. The number of benzene rings is 1. The number of rotatable bonds is 4. The van der Waals surface area contributed by atoms with Gasteiger partial charge in [0.15, 0.2) is 12.4 Å². The van der Waals surface area contributed by atoms with E-state index in [1.807, 2.05) is 36.1 Å². The minimum Gasteiger partial charge on any atom is -1.00 e. The number of aromatic nitrogens is 3. The average molecular weight is 398 g/mol. The van der Waals surface area contributed by atoms with Crippen molar-refractivity contribution in [3.8, 4) is 0 Å². The number of pyridine rings is 1. The van der Waals surface area contributed by atoms with Gasteiger partial charge in [0.2, 0.25) is 0 Å². The smallest absolute Gasteiger partial charge is 0.168 e. The van der Waals surface area contributed by atoms with Crippen LogP contribution in [0.25, 0.3) is 0 Å². The molecular formula is C16H15Cl3N6. The second kappa shape index (κ2) is 8.29.